The van der Waals surface area contributed by atoms with Crippen LogP contribution in [0.5, 0.6) is 0 Å². The van der Waals surface area contributed by atoms with Gasteiger partial charge in [-0.05, 0) is 18.1 Å². The number of nitrogens with zero attached hydrogens (tertiary/aromatic N) is 3. The molecule has 134 valence electrons. The van der Waals surface area contributed by atoms with Crippen molar-refractivity contribution in [2.75, 3.05) is 6.54 Å². The highest BCUT2D eigenvalue weighted by Crippen LogP contribution is 2.37. The normalized spacial score (nSPS) is 18.0. The number of aromatic nitrogens is 3. The van der Waals surface area contributed by atoms with Crippen LogP contribution in [-0.2, 0) is 0 Å². The number of imide groups is 1. The van der Waals surface area contributed by atoms with E-state index in [1.54, 1.807) is 0 Å². The van der Waals surface area contributed by atoms with Gasteiger partial charge in [-0.2, -0.15) is 18.3 Å². The predicted octanol–water partition coefficient (Wildman–Crippen LogP) is 3.06. The quantitative estimate of drug-likeness (QED) is 0.655. The number of nitrogens with one attached hydrogen (secondary N) is 1. The number of fused-ring (bicyclic) bond motifs is 3. The number of aromatic amines is 1. The number of H-pyrrole nitrogens is 1. The summed E-state index contributed by atoms with van der Waals surface area (Å²) in [6, 6.07) is 0. The number of hydrogen-bond donors (Lipinski definition) is 1. The highest BCUT2D eigenvalue weighted by molar-refractivity contribution is 6.25. The van der Waals surface area contributed by atoms with Crippen molar-refractivity contribution >= 4 is 22.8 Å². The van der Waals surface area contributed by atoms with E-state index < -0.39 is 35.8 Å². The van der Waals surface area contributed by atoms with Gasteiger partial charge in [0.25, 0.3) is 11.8 Å². The van der Waals surface area contributed by atoms with Crippen LogP contribution >= 0.6 is 0 Å². The Bertz CT molecular complexity index is 1020. The van der Waals surface area contributed by atoms with Gasteiger partial charge in [0, 0.05) is 12.6 Å². The number of carbonyl (C=O) groups excluding carboxylic acids is 2. The summed E-state index contributed by atoms with van der Waals surface area (Å²) < 4.78 is 52.1. The third-order valence-corrected chi connectivity index (χ3v) is 4.39. The molecule has 3 heterocycles. The van der Waals surface area contributed by atoms with Gasteiger partial charge in [-0.15, -0.1) is 0 Å². The third kappa shape index (κ3) is 2.40. The van der Waals surface area contributed by atoms with E-state index in [1.807, 2.05) is 0 Å². The van der Waals surface area contributed by atoms with Crippen LogP contribution in [0.2, 0.25) is 0 Å². The lowest BCUT2D eigenvalue weighted by molar-refractivity contribution is -0.0905. The molecule has 0 radical (unpaired) electrons. The Kier molecular flexibility index (Phi) is 3.46. The largest absolute Gasteiger partial charge is 0.418 e. The van der Waals surface area contributed by atoms with E-state index in [0.29, 0.717) is 17.1 Å². The average molecular weight is 366 g/mol. The zero-order valence-electron chi connectivity index (χ0n) is 13.0. The van der Waals surface area contributed by atoms with Gasteiger partial charge < -0.3 is 0 Å². The molecule has 2 aromatic rings. The van der Waals surface area contributed by atoms with Crippen molar-refractivity contribution in [3.63, 3.8) is 0 Å². The van der Waals surface area contributed by atoms with E-state index in [1.165, 1.54) is 12.4 Å². The summed E-state index contributed by atoms with van der Waals surface area (Å²) in [4.78, 5) is 30.0. The van der Waals surface area contributed by atoms with Crippen molar-refractivity contribution in [3.8, 4) is 0 Å². The summed E-state index contributed by atoms with van der Waals surface area (Å²) in [6.07, 6.45) is -1.99. The van der Waals surface area contributed by atoms with Crippen LogP contribution in [0.25, 0.3) is 11.0 Å². The number of alkyl halides is 3. The summed E-state index contributed by atoms with van der Waals surface area (Å²) in [5.41, 5.74) is -0.701. The first-order valence-electron chi connectivity index (χ1n) is 7.61. The van der Waals surface area contributed by atoms with Gasteiger partial charge in [0.15, 0.2) is 5.65 Å². The Morgan fingerprint density at radius 2 is 1.92 bits per heavy atom. The molecule has 0 bridgehead atoms. The summed E-state index contributed by atoms with van der Waals surface area (Å²) in [7, 11) is 0. The zero-order chi connectivity index (χ0) is 18.6. The van der Waals surface area contributed by atoms with Gasteiger partial charge in [-0.3, -0.25) is 19.6 Å². The molecular weight excluding hydrogens is 356 g/mol. The van der Waals surface area contributed by atoms with Gasteiger partial charge >= 0.3 is 6.18 Å². The van der Waals surface area contributed by atoms with Crippen molar-refractivity contribution in [1.82, 2.24) is 20.1 Å². The molecule has 10 heteroatoms. The Morgan fingerprint density at radius 3 is 2.65 bits per heavy atom. The monoisotopic (exact) mass is 366 g/mol. The predicted molar refractivity (Wildman–Crippen MR) is 80.8 cm³/mol. The smallest absolute Gasteiger partial charge is 0.270 e. The van der Waals surface area contributed by atoms with Gasteiger partial charge in [-0.1, -0.05) is 0 Å². The van der Waals surface area contributed by atoms with Crippen molar-refractivity contribution in [3.05, 3.63) is 46.6 Å². The molecule has 1 N–H and O–H groups in total. The fourth-order valence-corrected chi connectivity index (χ4v) is 3.13. The summed E-state index contributed by atoms with van der Waals surface area (Å²) >= 11 is 0. The maximum atomic E-state index is 13.5. The first-order valence-corrected chi connectivity index (χ1v) is 7.61. The molecule has 2 aromatic heterocycles. The van der Waals surface area contributed by atoms with Crippen LogP contribution < -0.4 is 0 Å². The number of allylic oxidation sites excluding steroid dienone is 3. The van der Waals surface area contributed by atoms with Gasteiger partial charge in [0.05, 0.1) is 34.8 Å². The minimum Gasteiger partial charge on any atom is -0.270 e. The van der Waals surface area contributed by atoms with Crippen molar-refractivity contribution in [2.24, 2.45) is 0 Å². The second-order valence-corrected chi connectivity index (χ2v) is 5.99. The van der Waals surface area contributed by atoms with Crippen LogP contribution in [0.1, 0.15) is 33.6 Å². The lowest BCUT2D eigenvalue weighted by Crippen LogP contribution is -2.32. The standard InChI is InChI=1S/C16H10F4N4O2/c17-11-2-1-7(3-10(11)16(18,19)20)6-24-14(25)9-4-21-13-8(5-22-23-13)12(9)15(24)26/h3-5H,1-2,6H2,(H,21,22,23). The van der Waals surface area contributed by atoms with Crippen LogP contribution in [-0.4, -0.2) is 44.6 Å². The van der Waals surface area contributed by atoms with Crippen LogP contribution in [0.3, 0.4) is 0 Å². The van der Waals surface area contributed by atoms with Gasteiger partial charge in [0.2, 0.25) is 0 Å². The van der Waals surface area contributed by atoms with E-state index >= 15 is 0 Å². The lowest BCUT2D eigenvalue weighted by Gasteiger charge is -2.21. The second kappa shape index (κ2) is 5.48. The highest BCUT2D eigenvalue weighted by Gasteiger charge is 2.40. The molecule has 0 aromatic carbocycles. The number of carbonyl (C=O) groups is 2. The van der Waals surface area contributed by atoms with Gasteiger partial charge in [-0.25, -0.2) is 9.37 Å². The molecule has 0 fully saturated rings. The molecule has 0 saturated carbocycles. The van der Waals surface area contributed by atoms with E-state index in [9.17, 15) is 27.2 Å². The molecule has 0 saturated heterocycles. The fourth-order valence-electron chi connectivity index (χ4n) is 3.13. The number of pyridine rings is 1. The number of rotatable bonds is 2. The molecule has 2 aliphatic rings. The Morgan fingerprint density at radius 1 is 1.15 bits per heavy atom. The molecular formula is C16H10F4N4O2. The topological polar surface area (TPSA) is 79.0 Å². The van der Waals surface area contributed by atoms with Crippen molar-refractivity contribution in [2.45, 2.75) is 19.0 Å². The minimum absolute atomic E-state index is 0.00180. The van der Waals surface area contributed by atoms with Crippen molar-refractivity contribution < 1.29 is 27.2 Å². The van der Waals surface area contributed by atoms with E-state index in [4.69, 9.17) is 0 Å². The lowest BCUT2D eigenvalue weighted by atomic mass is 9.97. The SMILES string of the molecule is O=C1c2cnc3[nH]ncc3c2C(=O)N1CC1=CC(C(F)(F)F)=C(F)CC1. The Balaban J connectivity index is 1.68. The number of hydrogen-bond acceptors (Lipinski definition) is 4. The van der Waals surface area contributed by atoms with Crippen molar-refractivity contribution in [1.29, 1.82) is 0 Å². The molecule has 26 heavy (non-hydrogen) atoms. The molecule has 0 spiro atoms. The van der Waals surface area contributed by atoms with Crippen LogP contribution in [0.15, 0.2) is 35.4 Å². The molecule has 0 atom stereocenters. The minimum atomic E-state index is -4.83. The van der Waals surface area contributed by atoms with E-state index in [2.05, 4.69) is 15.2 Å². The number of amides is 2. The van der Waals surface area contributed by atoms with Crippen LogP contribution in [0, 0.1) is 0 Å². The average Bonchev–Trinajstić information content (AvgIpc) is 3.14. The fraction of sp³-hybridized carbons (Fsp3) is 0.250. The molecule has 0 unspecified atom stereocenters. The van der Waals surface area contributed by atoms with Gasteiger partial charge in [0.1, 0.15) is 5.83 Å². The zero-order valence-corrected chi connectivity index (χ0v) is 13.0. The Labute approximate surface area is 143 Å². The summed E-state index contributed by atoms with van der Waals surface area (Å²) in [5.74, 6) is -2.53. The Hall–Kier alpha value is -3.04. The second-order valence-electron chi connectivity index (χ2n) is 5.99. The summed E-state index contributed by atoms with van der Waals surface area (Å²) in [5, 5.41) is 6.72. The molecule has 4 rings (SSSR count). The number of halogens is 4. The maximum absolute atomic E-state index is 13.5. The molecule has 6 nitrogen and oxygen atoms in total. The maximum Gasteiger partial charge on any atom is 0.418 e. The third-order valence-electron chi connectivity index (χ3n) is 4.39. The summed E-state index contributed by atoms with van der Waals surface area (Å²) in [6.45, 7) is -0.335. The van der Waals surface area contributed by atoms with Crippen LogP contribution in [0.4, 0.5) is 17.6 Å². The van der Waals surface area contributed by atoms with E-state index in [-0.39, 0.29) is 29.7 Å². The molecule has 1 aliphatic carbocycles. The molecule has 1 aliphatic heterocycles. The first-order chi connectivity index (χ1) is 12.3. The first kappa shape index (κ1) is 16.4. The highest BCUT2D eigenvalue weighted by atomic mass is 19.4. The molecule has 2 amide bonds. The van der Waals surface area contributed by atoms with E-state index in [0.717, 1.165) is 4.90 Å².